The minimum absolute atomic E-state index is 0.155. The summed E-state index contributed by atoms with van der Waals surface area (Å²) in [4.78, 5) is 31.5. The summed E-state index contributed by atoms with van der Waals surface area (Å²) in [5, 5.41) is 12.8. The van der Waals surface area contributed by atoms with Crippen molar-refractivity contribution < 1.29 is 24.2 Å². The van der Waals surface area contributed by atoms with Crippen LogP contribution in [-0.2, 0) is 18.3 Å². The van der Waals surface area contributed by atoms with Gasteiger partial charge in [-0.05, 0) is 55.9 Å². The van der Waals surface area contributed by atoms with Crippen molar-refractivity contribution in [3.63, 3.8) is 0 Å². The summed E-state index contributed by atoms with van der Waals surface area (Å²) >= 11 is 0. The van der Waals surface area contributed by atoms with Crippen molar-refractivity contribution in [3.05, 3.63) is 48.0 Å². The van der Waals surface area contributed by atoms with E-state index in [1.165, 1.54) is 5.52 Å². The van der Waals surface area contributed by atoms with Crippen LogP contribution in [0.1, 0.15) is 36.0 Å². The van der Waals surface area contributed by atoms with Crippen molar-refractivity contribution in [2.24, 2.45) is 13.0 Å². The number of hydrogen-bond donors (Lipinski definition) is 2. The van der Waals surface area contributed by atoms with Gasteiger partial charge in [-0.15, -0.1) is 0 Å². The molecule has 2 N–H and O–H groups in total. The van der Waals surface area contributed by atoms with Crippen LogP contribution in [-0.4, -0.2) is 75.6 Å². The normalized spacial score (nSPS) is 18.4. The van der Waals surface area contributed by atoms with Crippen LogP contribution in [0.5, 0.6) is 5.75 Å². The van der Waals surface area contributed by atoms with E-state index >= 15 is 0 Å². The van der Waals surface area contributed by atoms with Crippen LogP contribution in [0.4, 0.5) is 4.79 Å². The fourth-order valence-electron chi connectivity index (χ4n) is 6.23. The largest absolute Gasteiger partial charge is 0.494 e. The molecule has 0 spiro atoms. The number of carboxylic acid groups (broad SMARTS) is 1. The molecular weight excluding hydrogens is 510 g/mol. The Balaban J connectivity index is 1.39. The van der Waals surface area contributed by atoms with E-state index in [0.29, 0.717) is 42.3 Å². The second kappa shape index (κ2) is 10.8. The Hall–Kier alpha value is -4.05. The first-order chi connectivity index (χ1) is 19.4. The van der Waals surface area contributed by atoms with Crippen LogP contribution < -0.4 is 10.1 Å². The molecule has 0 radical (unpaired) electrons. The van der Waals surface area contributed by atoms with Gasteiger partial charge < -0.3 is 33.9 Å². The van der Waals surface area contributed by atoms with Crippen molar-refractivity contribution in [1.29, 1.82) is 0 Å². The summed E-state index contributed by atoms with van der Waals surface area (Å²) in [6, 6.07) is 13.9. The molecule has 2 saturated heterocycles. The van der Waals surface area contributed by atoms with Crippen molar-refractivity contribution in [1.82, 2.24) is 24.3 Å². The number of aromatic nitrogens is 3. The predicted octanol–water partition coefficient (Wildman–Crippen LogP) is 4.50. The van der Waals surface area contributed by atoms with Crippen molar-refractivity contribution in [2.75, 3.05) is 33.4 Å². The van der Waals surface area contributed by atoms with E-state index in [-0.39, 0.29) is 11.9 Å². The minimum atomic E-state index is -1.07. The summed E-state index contributed by atoms with van der Waals surface area (Å²) in [5.74, 6) is 1.76. The van der Waals surface area contributed by atoms with E-state index in [4.69, 9.17) is 19.6 Å². The molecular formula is C30H35N5O5. The van der Waals surface area contributed by atoms with Gasteiger partial charge in [0.1, 0.15) is 11.3 Å². The number of rotatable bonds is 6. The predicted molar refractivity (Wildman–Crippen MR) is 152 cm³/mol. The number of amides is 2. The molecule has 210 valence electrons. The highest BCUT2D eigenvalue weighted by molar-refractivity contribution is 6.00. The zero-order valence-electron chi connectivity index (χ0n) is 22.9. The number of ether oxygens (including phenoxy) is 2. The van der Waals surface area contributed by atoms with Crippen LogP contribution in [0.15, 0.2) is 42.5 Å². The molecule has 10 heteroatoms. The number of nitrogens with zero attached hydrogens (tertiary/aromatic N) is 4. The number of hydrogen-bond acceptors (Lipinski definition) is 5. The Morgan fingerprint density at radius 2 is 1.95 bits per heavy atom. The number of imidazole rings is 1. The van der Waals surface area contributed by atoms with Crippen LogP contribution in [0.3, 0.4) is 0 Å². The van der Waals surface area contributed by atoms with Gasteiger partial charge in [0.05, 0.1) is 18.3 Å². The quantitative estimate of drug-likeness (QED) is 0.369. The third-order valence-electron chi connectivity index (χ3n) is 8.26. The van der Waals surface area contributed by atoms with Crippen molar-refractivity contribution in [3.8, 4) is 17.3 Å². The Morgan fingerprint density at radius 1 is 1.15 bits per heavy atom. The third kappa shape index (κ3) is 4.88. The third-order valence-corrected chi connectivity index (χ3v) is 8.26. The molecule has 40 heavy (non-hydrogen) atoms. The fourth-order valence-corrected chi connectivity index (χ4v) is 6.23. The first-order valence-electron chi connectivity index (χ1n) is 13.9. The Morgan fingerprint density at radius 3 is 2.73 bits per heavy atom. The molecule has 10 nitrogen and oxygen atoms in total. The van der Waals surface area contributed by atoms with Gasteiger partial charge in [0.2, 0.25) is 0 Å². The number of piperidine rings is 1. The van der Waals surface area contributed by atoms with Crippen LogP contribution in [0, 0.1) is 5.92 Å². The molecule has 1 unspecified atom stereocenters. The summed E-state index contributed by atoms with van der Waals surface area (Å²) in [7, 11) is 3.59. The Labute approximate surface area is 232 Å². The zero-order valence-corrected chi connectivity index (χ0v) is 22.9. The number of aryl methyl sites for hydroxylation is 1. The molecule has 2 aromatic carbocycles. The van der Waals surface area contributed by atoms with Gasteiger partial charge in [-0.1, -0.05) is 18.2 Å². The van der Waals surface area contributed by atoms with Crippen LogP contribution >= 0.6 is 0 Å². The number of likely N-dealkylation sites (tertiary alicyclic amines) is 1. The molecule has 6 rings (SSSR count). The van der Waals surface area contributed by atoms with Gasteiger partial charge in [0.15, 0.2) is 5.82 Å². The number of nitrogens with one attached hydrogen (secondary N) is 1. The molecule has 4 heterocycles. The summed E-state index contributed by atoms with van der Waals surface area (Å²) in [5.41, 5.74) is 4.18. The lowest BCUT2D eigenvalue weighted by atomic mass is 10.0. The van der Waals surface area contributed by atoms with Gasteiger partial charge in [-0.3, -0.25) is 4.79 Å². The van der Waals surface area contributed by atoms with Crippen molar-refractivity contribution >= 4 is 33.9 Å². The Bertz CT molecular complexity index is 1570. The number of methoxy groups -OCH3 is 1. The second-order valence-corrected chi connectivity index (χ2v) is 10.8. The molecule has 2 fully saturated rings. The molecule has 0 bridgehead atoms. The number of para-hydroxylation sites is 1. The standard InChI is InChI=1S/C30H35N5O5/c1-33-27-23(14-21(16-26(27)39-2)29(36)34-11-5-7-22(18-34)31-30(37)38)32-28(33)25-15-20-6-3-4-8-24(20)35(25)17-19-9-12-40-13-10-19/h3-4,6,8,14-16,19,22,31H,5,7,9-13,17-18H2,1-2H3,(H,37,38). The van der Waals surface area contributed by atoms with Gasteiger partial charge >= 0.3 is 6.09 Å². The highest BCUT2D eigenvalue weighted by Gasteiger charge is 2.28. The summed E-state index contributed by atoms with van der Waals surface area (Å²) in [6.45, 7) is 3.39. The number of benzene rings is 2. The SMILES string of the molecule is COc1cc(C(=O)N2CCCC(NC(=O)O)C2)cc2nc(-c3cc4ccccc4n3CC3CCOCC3)n(C)c12. The lowest BCUT2D eigenvalue weighted by Gasteiger charge is -2.32. The molecule has 4 aromatic rings. The van der Waals surface area contributed by atoms with Crippen LogP contribution in [0.2, 0.25) is 0 Å². The highest BCUT2D eigenvalue weighted by atomic mass is 16.5. The molecule has 2 amide bonds. The van der Waals surface area contributed by atoms with Gasteiger partial charge in [-0.2, -0.15) is 0 Å². The number of carbonyl (C=O) groups is 2. The molecule has 1 atom stereocenters. The molecule has 2 aliphatic rings. The maximum Gasteiger partial charge on any atom is 0.404 e. The van der Waals surface area contributed by atoms with Crippen molar-refractivity contribution in [2.45, 2.75) is 38.3 Å². The van der Waals surface area contributed by atoms with Gasteiger partial charge in [0, 0.05) is 62.4 Å². The van der Waals surface area contributed by atoms with E-state index < -0.39 is 6.09 Å². The van der Waals surface area contributed by atoms with Gasteiger partial charge in [-0.25, -0.2) is 9.78 Å². The maximum atomic E-state index is 13.5. The van der Waals surface area contributed by atoms with E-state index in [9.17, 15) is 9.59 Å². The topological polar surface area (TPSA) is 111 Å². The number of carbonyl (C=O) groups excluding carboxylic acids is 1. The van der Waals surface area contributed by atoms with Gasteiger partial charge in [0.25, 0.3) is 5.91 Å². The lowest BCUT2D eigenvalue weighted by molar-refractivity contribution is 0.0617. The van der Waals surface area contributed by atoms with E-state index in [1.807, 2.05) is 17.7 Å². The Kier molecular flexibility index (Phi) is 7.10. The monoisotopic (exact) mass is 545 g/mol. The van der Waals surface area contributed by atoms with Crippen LogP contribution in [0.25, 0.3) is 33.5 Å². The summed E-state index contributed by atoms with van der Waals surface area (Å²) < 4.78 is 15.8. The first kappa shape index (κ1) is 26.2. The second-order valence-electron chi connectivity index (χ2n) is 10.8. The average Bonchev–Trinajstić information content (AvgIpc) is 3.49. The van der Waals surface area contributed by atoms with E-state index in [1.54, 1.807) is 18.1 Å². The minimum Gasteiger partial charge on any atom is -0.494 e. The summed E-state index contributed by atoms with van der Waals surface area (Å²) in [6.07, 6.45) is 2.45. The smallest absolute Gasteiger partial charge is 0.404 e. The maximum absolute atomic E-state index is 13.5. The molecule has 2 aliphatic heterocycles. The highest BCUT2D eigenvalue weighted by Crippen LogP contribution is 2.35. The molecule has 0 saturated carbocycles. The lowest BCUT2D eigenvalue weighted by Crippen LogP contribution is -2.49. The van der Waals surface area contributed by atoms with E-state index in [0.717, 1.165) is 61.4 Å². The number of fused-ring (bicyclic) bond motifs is 2. The first-order valence-corrected chi connectivity index (χ1v) is 13.9. The fraction of sp³-hybridized carbons (Fsp3) is 0.433. The average molecular weight is 546 g/mol. The van der Waals surface area contributed by atoms with E-state index in [2.05, 4.69) is 40.2 Å². The zero-order chi connectivity index (χ0) is 27.8. The molecule has 2 aromatic heterocycles. The molecule has 0 aliphatic carbocycles.